The van der Waals surface area contributed by atoms with Crippen molar-refractivity contribution in [2.24, 2.45) is 11.8 Å². The second-order valence-electron chi connectivity index (χ2n) is 4.19. The SMILES string of the molecule is CCC(=O)NC[C@@H](C(C)C)[C@@H](O)CNC. The minimum absolute atomic E-state index is 0.0392. The lowest BCUT2D eigenvalue weighted by Gasteiger charge is -2.26. The number of likely N-dealkylation sites (N-methyl/N-ethyl adjacent to an activating group) is 1. The highest BCUT2D eigenvalue weighted by atomic mass is 16.3. The van der Waals surface area contributed by atoms with Crippen molar-refractivity contribution >= 4 is 5.91 Å². The lowest BCUT2D eigenvalue weighted by Crippen LogP contribution is -2.41. The Balaban J connectivity index is 4.09. The van der Waals surface area contributed by atoms with Crippen LogP contribution in [0.2, 0.25) is 0 Å². The molecule has 4 heteroatoms. The molecule has 0 rings (SSSR count). The number of amides is 1. The first-order valence-corrected chi connectivity index (χ1v) is 5.62. The number of rotatable bonds is 7. The highest BCUT2D eigenvalue weighted by molar-refractivity contribution is 5.75. The maximum atomic E-state index is 11.1. The van der Waals surface area contributed by atoms with Gasteiger partial charge in [-0.1, -0.05) is 20.8 Å². The topological polar surface area (TPSA) is 61.4 Å². The number of hydrogen-bond donors (Lipinski definition) is 3. The van der Waals surface area contributed by atoms with Crippen LogP contribution >= 0.6 is 0 Å². The normalized spacial score (nSPS) is 15.1. The van der Waals surface area contributed by atoms with Crippen LogP contribution < -0.4 is 10.6 Å². The minimum Gasteiger partial charge on any atom is -0.391 e. The summed E-state index contributed by atoms with van der Waals surface area (Å²) in [5, 5.41) is 15.6. The molecule has 0 aromatic heterocycles. The summed E-state index contributed by atoms with van der Waals surface area (Å²) in [7, 11) is 1.81. The zero-order valence-corrected chi connectivity index (χ0v) is 10.2. The van der Waals surface area contributed by atoms with Crippen molar-refractivity contribution in [2.45, 2.75) is 33.3 Å². The Bertz CT molecular complexity index is 183. The molecule has 0 unspecified atom stereocenters. The Labute approximate surface area is 92.4 Å². The Morgan fingerprint density at radius 3 is 2.33 bits per heavy atom. The molecule has 3 N–H and O–H groups in total. The van der Waals surface area contributed by atoms with E-state index in [1.165, 1.54) is 0 Å². The van der Waals surface area contributed by atoms with Crippen molar-refractivity contribution in [2.75, 3.05) is 20.1 Å². The van der Waals surface area contributed by atoms with E-state index in [0.717, 1.165) is 0 Å². The standard InChI is InChI=1S/C11H24N2O2/c1-5-11(15)13-6-9(8(2)3)10(14)7-12-4/h8-10,12,14H,5-7H2,1-4H3,(H,13,15)/t9-,10-/m0/s1. The van der Waals surface area contributed by atoms with E-state index in [0.29, 0.717) is 25.4 Å². The van der Waals surface area contributed by atoms with Crippen LogP contribution in [-0.4, -0.2) is 37.3 Å². The number of carbonyl (C=O) groups is 1. The van der Waals surface area contributed by atoms with Crippen molar-refractivity contribution in [3.8, 4) is 0 Å². The van der Waals surface area contributed by atoms with E-state index in [2.05, 4.69) is 24.5 Å². The molecule has 4 nitrogen and oxygen atoms in total. The van der Waals surface area contributed by atoms with Crippen LogP contribution in [0.3, 0.4) is 0 Å². The first-order chi connectivity index (χ1) is 7.02. The number of hydrogen-bond acceptors (Lipinski definition) is 3. The molecule has 0 saturated heterocycles. The van der Waals surface area contributed by atoms with Gasteiger partial charge in [-0.15, -0.1) is 0 Å². The molecular weight excluding hydrogens is 192 g/mol. The highest BCUT2D eigenvalue weighted by Crippen LogP contribution is 2.14. The summed E-state index contributed by atoms with van der Waals surface area (Å²) < 4.78 is 0. The molecule has 0 radical (unpaired) electrons. The quantitative estimate of drug-likeness (QED) is 0.576. The summed E-state index contributed by atoms with van der Waals surface area (Å²) in [6, 6.07) is 0. The average molecular weight is 216 g/mol. The van der Waals surface area contributed by atoms with Crippen molar-refractivity contribution in [1.82, 2.24) is 10.6 Å². The van der Waals surface area contributed by atoms with Crippen LogP contribution in [0, 0.1) is 11.8 Å². The van der Waals surface area contributed by atoms with Gasteiger partial charge in [-0.25, -0.2) is 0 Å². The Hall–Kier alpha value is -0.610. The van der Waals surface area contributed by atoms with Gasteiger partial charge in [0.25, 0.3) is 0 Å². The van der Waals surface area contributed by atoms with Crippen LogP contribution in [0.25, 0.3) is 0 Å². The van der Waals surface area contributed by atoms with Crippen molar-refractivity contribution in [1.29, 1.82) is 0 Å². The summed E-state index contributed by atoms with van der Waals surface area (Å²) in [4.78, 5) is 11.1. The molecule has 0 bridgehead atoms. The lowest BCUT2D eigenvalue weighted by molar-refractivity contribution is -0.121. The second kappa shape index (κ2) is 7.65. The number of aliphatic hydroxyl groups is 1. The predicted octanol–water partition coefficient (Wildman–Crippen LogP) is 0.365. The first-order valence-electron chi connectivity index (χ1n) is 5.62. The van der Waals surface area contributed by atoms with Crippen molar-refractivity contribution in [3.63, 3.8) is 0 Å². The molecule has 0 aromatic carbocycles. The summed E-state index contributed by atoms with van der Waals surface area (Å²) in [5.41, 5.74) is 0. The zero-order chi connectivity index (χ0) is 11.8. The molecule has 0 saturated carbocycles. The molecule has 2 atom stereocenters. The fourth-order valence-electron chi connectivity index (χ4n) is 1.53. The number of aliphatic hydroxyl groups excluding tert-OH is 1. The summed E-state index contributed by atoms with van der Waals surface area (Å²) in [6.45, 7) is 7.05. The van der Waals surface area contributed by atoms with Gasteiger partial charge in [0.2, 0.25) is 5.91 Å². The van der Waals surface area contributed by atoms with Crippen molar-refractivity contribution in [3.05, 3.63) is 0 Å². The van der Waals surface area contributed by atoms with Gasteiger partial charge < -0.3 is 15.7 Å². The predicted molar refractivity (Wildman–Crippen MR) is 61.6 cm³/mol. The Morgan fingerprint density at radius 1 is 1.33 bits per heavy atom. The molecule has 0 fully saturated rings. The molecule has 0 aliphatic rings. The van der Waals surface area contributed by atoms with E-state index in [1.807, 2.05) is 14.0 Å². The Morgan fingerprint density at radius 2 is 1.93 bits per heavy atom. The van der Waals surface area contributed by atoms with Crippen LogP contribution in [-0.2, 0) is 4.79 Å². The van der Waals surface area contributed by atoms with Crippen LogP contribution in [0.15, 0.2) is 0 Å². The zero-order valence-electron chi connectivity index (χ0n) is 10.2. The van der Waals surface area contributed by atoms with Crippen LogP contribution in [0.5, 0.6) is 0 Å². The van der Waals surface area contributed by atoms with Crippen molar-refractivity contribution < 1.29 is 9.90 Å². The smallest absolute Gasteiger partial charge is 0.219 e. The largest absolute Gasteiger partial charge is 0.391 e. The van der Waals surface area contributed by atoms with E-state index in [1.54, 1.807) is 0 Å². The molecule has 0 aliphatic carbocycles. The summed E-state index contributed by atoms with van der Waals surface area (Å²) >= 11 is 0. The third-order valence-electron chi connectivity index (χ3n) is 2.62. The van der Waals surface area contributed by atoms with E-state index in [9.17, 15) is 9.90 Å². The highest BCUT2D eigenvalue weighted by Gasteiger charge is 2.22. The molecule has 1 amide bonds. The maximum absolute atomic E-state index is 11.1. The van der Waals surface area contributed by atoms with E-state index >= 15 is 0 Å². The molecule has 0 heterocycles. The molecule has 90 valence electrons. The lowest BCUT2D eigenvalue weighted by atomic mass is 9.90. The van der Waals surface area contributed by atoms with Gasteiger partial charge in [0.1, 0.15) is 0 Å². The van der Waals surface area contributed by atoms with Crippen LogP contribution in [0.1, 0.15) is 27.2 Å². The second-order valence-corrected chi connectivity index (χ2v) is 4.19. The summed E-state index contributed by atoms with van der Waals surface area (Å²) in [5.74, 6) is 0.496. The summed E-state index contributed by atoms with van der Waals surface area (Å²) in [6.07, 6.45) is 0.0830. The van der Waals surface area contributed by atoms with Crippen LogP contribution in [0.4, 0.5) is 0 Å². The number of carbonyl (C=O) groups excluding carboxylic acids is 1. The van der Waals surface area contributed by atoms with E-state index in [-0.39, 0.29) is 11.8 Å². The maximum Gasteiger partial charge on any atom is 0.219 e. The van der Waals surface area contributed by atoms with E-state index < -0.39 is 6.10 Å². The third-order valence-corrected chi connectivity index (χ3v) is 2.62. The van der Waals surface area contributed by atoms with Gasteiger partial charge in [0, 0.05) is 25.4 Å². The fraction of sp³-hybridized carbons (Fsp3) is 0.909. The number of nitrogens with one attached hydrogen (secondary N) is 2. The molecule has 0 spiro atoms. The first kappa shape index (κ1) is 14.4. The minimum atomic E-state index is -0.410. The van der Waals surface area contributed by atoms with Gasteiger partial charge in [-0.2, -0.15) is 0 Å². The molecule has 0 aliphatic heterocycles. The average Bonchev–Trinajstić information content (AvgIpc) is 2.17. The van der Waals surface area contributed by atoms with Gasteiger partial charge in [-0.3, -0.25) is 4.79 Å². The van der Waals surface area contributed by atoms with E-state index in [4.69, 9.17) is 0 Å². The third kappa shape index (κ3) is 5.74. The molecular formula is C11H24N2O2. The van der Waals surface area contributed by atoms with Gasteiger partial charge in [0.15, 0.2) is 0 Å². The Kier molecular flexibility index (Phi) is 7.34. The molecule has 15 heavy (non-hydrogen) atoms. The van der Waals surface area contributed by atoms with Gasteiger partial charge in [-0.05, 0) is 13.0 Å². The fourth-order valence-corrected chi connectivity index (χ4v) is 1.53. The van der Waals surface area contributed by atoms with Gasteiger partial charge >= 0.3 is 0 Å². The molecule has 0 aromatic rings. The monoisotopic (exact) mass is 216 g/mol. The van der Waals surface area contributed by atoms with Gasteiger partial charge in [0.05, 0.1) is 6.10 Å².